The van der Waals surface area contributed by atoms with Crippen LogP contribution in [0.15, 0.2) is 0 Å². The monoisotopic (exact) mass is 260 g/mol. The van der Waals surface area contributed by atoms with Crippen LogP contribution in [0.25, 0.3) is 0 Å². The van der Waals surface area contributed by atoms with E-state index in [-0.39, 0.29) is 17.7 Å². The lowest BCUT2D eigenvalue weighted by Gasteiger charge is -2.27. The van der Waals surface area contributed by atoms with Gasteiger partial charge in [0, 0.05) is 12.6 Å². The number of hydrogen-bond donors (Lipinski definition) is 2. The maximum Gasteiger partial charge on any atom is 0.238 e. The summed E-state index contributed by atoms with van der Waals surface area (Å²) < 4.78 is 23.6. The summed E-state index contributed by atoms with van der Waals surface area (Å²) in [4.78, 5) is 12.0. The molecule has 2 atom stereocenters. The molecule has 2 N–H and O–H groups in total. The molecule has 1 unspecified atom stereocenters. The summed E-state index contributed by atoms with van der Waals surface area (Å²) in [6, 6.07) is 0.0911. The Labute approximate surface area is 102 Å². The minimum absolute atomic E-state index is 0.0911. The first-order valence-corrected chi connectivity index (χ1v) is 8.04. The first kappa shape index (κ1) is 12.8. The van der Waals surface area contributed by atoms with Crippen molar-refractivity contribution in [3.05, 3.63) is 0 Å². The highest BCUT2D eigenvalue weighted by molar-refractivity contribution is 7.92. The topological polar surface area (TPSA) is 75.3 Å². The molecule has 2 heterocycles. The van der Waals surface area contributed by atoms with Gasteiger partial charge in [-0.15, -0.1) is 0 Å². The maximum atomic E-state index is 12.0. The molecule has 2 saturated heterocycles. The lowest BCUT2D eigenvalue weighted by Crippen LogP contribution is -2.51. The Morgan fingerprint density at radius 1 is 1.18 bits per heavy atom. The zero-order valence-electron chi connectivity index (χ0n) is 9.94. The molecule has 5 nitrogen and oxygen atoms in total. The van der Waals surface area contributed by atoms with Crippen LogP contribution in [0.2, 0.25) is 0 Å². The second kappa shape index (κ2) is 5.35. The lowest BCUT2D eigenvalue weighted by molar-refractivity contribution is -0.121. The van der Waals surface area contributed by atoms with Crippen LogP contribution in [0.3, 0.4) is 0 Å². The molecule has 0 saturated carbocycles. The number of piperidine rings is 1. The van der Waals surface area contributed by atoms with Gasteiger partial charge in [0.05, 0.1) is 5.75 Å². The second-order valence-electron chi connectivity index (χ2n) is 4.90. The summed E-state index contributed by atoms with van der Waals surface area (Å²) in [5.74, 6) is -0.132. The maximum absolute atomic E-state index is 12.0. The van der Waals surface area contributed by atoms with Crippen LogP contribution in [0.5, 0.6) is 0 Å². The summed E-state index contributed by atoms with van der Waals surface area (Å²) in [5, 5.41) is 5.26. The summed E-state index contributed by atoms with van der Waals surface area (Å²) in [6.07, 6.45) is 3.97. The highest BCUT2D eigenvalue weighted by Gasteiger charge is 2.35. The smallest absolute Gasteiger partial charge is 0.238 e. The molecular weight excluding hydrogens is 240 g/mol. The van der Waals surface area contributed by atoms with Gasteiger partial charge in [0.25, 0.3) is 0 Å². The van der Waals surface area contributed by atoms with Crippen molar-refractivity contribution in [3.63, 3.8) is 0 Å². The third-order valence-electron chi connectivity index (χ3n) is 3.51. The summed E-state index contributed by atoms with van der Waals surface area (Å²) >= 11 is 0. The van der Waals surface area contributed by atoms with E-state index in [4.69, 9.17) is 0 Å². The Morgan fingerprint density at radius 2 is 2.00 bits per heavy atom. The van der Waals surface area contributed by atoms with Gasteiger partial charge >= 0.3 is 0 Å². The van der Waals surface area contributed by atoms with Crippen LogP contribution in [-0.2, 0) is 14.6 Å². The van der Waals surface area contributed by atoms with Gasteiger partial charge in [0.15, 0.2) is 9.84 Å². The van der Waals surface area contributed by atoms with Gasteiger partial charge in [-0.1, -0.05) is 6.42 Å². The van der Waals surface area contributed by atoms with Crippen LogP contribution >= 0.6 is 0 Å². The largest absolute Gasteiger partial charge is 0.351 e. The fourth-order valence-electron chi connectivity index (χ4n) is 2.52. The van der Waals surface area contributed by atoms with E-state index in [1.54, 1.807) is 0 Å². The average molecular weight is 260 g/mol. The third-order valence-corrected chi connectivity index (χ3v) is 5.69. The quantitative estimate of drug-likeness (QED) is 0.722. The molecule has 0 spiro atoms. The molecule has 2 fully saturated rings. The molecule has 0 aliphatic carbocycles. The van der Waals surface area contributed by atoms with E-state index in [1.165, 1.54) is 0 Å². The Bertz CT molecular complexity index is 374. The van der Waals surface area contributed by atoms with Gasteiger partial charge in [0.2, 0.25) is 5.91 Å². The second-order valence-corrected chi connectivity index (χ2v) is 7.21. The van der Waals surface area contributed by atoms with E-state index in [0.717, 1.165) is 32.4 Å². The molecule has 2 aliphatic rings. The third kappa shape index (κ3) is 3.19. The number of rotatable bonds is 2. The first-order valence-electron chi connectivity index (χ1n) is 6.32. The zero-order valence-corrected chi connectivity index (χ0v) is 10.8. The molecule has 0 radical (unpaired) electrons. The highest BCUT2D eigenvalue weighted by atomic mass is 32.2. The van der Waals surface area contributed by atoms with Crippen molar-refractivity contribution in [3.8, 4) is 0 Å². The summed E-state index contributed by atoms with van der Waals surface area (Å²) in [5.41, 5.74) is 0. The van der Waals surface area contributed by atoms with Gasteiger partial charge < -0.3 is 10.6 Å². The van der Waals surface area contributed by atoms with E-state index in [0.29, 0.717) is 12.8 Å². The number of carbonyl (C=O) groups is 1. The Kier molecular flexibility index (Phi) is 4.04. The fraction of sp³-hybridized carbons (Fsp3) is 0.909. The van der Waals surface area contributed by atoms with Crippen LogP contribution in [0, 0.1) is 0 Å². The van der Waals surface area contributed by atoms with Crippen molar-refractivity contribution in [1.82, 2.24) is 10.6 Å². The van der Waals surface area contributed by atoms with Crippen LogP contribution < -0.4 is 10.6 Å². The van der Waals surface area contributed by atoms with Crippen molar-refractivity contribution in [1.29, 1.82) is 0 Å². The van der Waals surface area contributed by atoms with Gasteiger partial charge in [-0.25, -0.2) is 8.42 Å². The number of hydrogen-bond acceptors (Lipinski definition) is 4. The predicted octanol–water partition coefficient (Wildman–Crippen LogP) is -0.178. The normalized spacial score (nSPS) is 32.9. The van der Waals surface area contributed by atoms with Gasteiger partial charge in [-0.05, 0) is 32.2 Å². The Hall–Kier alpha value is -0.620. The Morgan fingerprint density at radius 3 is 2.65 bits per heavy atom. The molecule has 2 aliphatic heterocycles. The van der Waals surface area contributed by atoms with E-state index < -0.39 is 15.1 Å². The van der Waals surface area contributed by atoms with Crippen LogP contribution in [0.4, 0.5) is 0 Å². The molecule has 0 aromatic heterocycles. The molecule has 0 aromatic rings. The number of nitrogens with one attached hydrogen (secondary N) is 2. The predicted molar refractivity (Wildman–Crippen MR) is 65.5 cm³/mol. The molecule has 0 bridgehead atoms. The molecule has 0 aromatic carbocycles. The van der Waals surface area contributed by atoms with Gasteiger partial charge in [-0.3, -0.25) is 4.79 Å². The van der Waals surface area contributed by atoms with Gasteiger partial charge in [-0.2, -0.15) is 0 Å². The number of carbonyl (C=O) groups excluding carboxylic acids is 1. The number of amides is 1. The molecule has 2 rings (SSSR count). The summed E-state index contributed by atoms with van der Waals surface area (Å²) in [6.45, 7) is 1.73. The average Bonchev–Trinajstić information content (AvgIpc) is 2.29. The SMILES string of the molecule is O=C(N[C@H]1CCCNC1)C1CCCCS1(=O)=O. The minimum atomic E-state index is -3.21. The van der Waals surface area contributed by atoms with Crippen molar-refractivity contribution >= 4 is 15.7 Å². The Balaban J connectivity index is 1.94. The van der Waals surface area contributed by atoms with Crippen LogP contribution in [0.1, 0.15) is 32.1 Å². The number of sulfone groups is 1. The van der Waals surface area contributed by atoms with E-state index in [2.05, 4.69) is 10.6 Å². The molecule has 17 heavy (non-hydrogen) atoms. The summed E-state index contributed by atoms with van der Waals surface area (Å²) in [7, 11) is -3.21. The molecule has 98 valence electrons. The van der Waals surface area contributed by atoms with Gasteiger partial charge in [0.1, 0.15) is 5.25 Å². The first-order chi connectivity index (χ1) is 8.09. The lowest BCUT2D eigenvalue weighted by atomic mass is 10.1. The van der Waals surface area contributed by atoms with E-state index in [9.17, 15) is 13.2 Å². The molecule has 6 heteroatoms. The fourth-order valence-corrected chi connectivity index (χ4v) is 4.33. The molecular formula is C11H20N2O3S. The minimum Gasteiger partial charge on any atom is -0.351 e. The zero-order chi connectivity index (χ0) is 12.3. The van der Waals surface area contributed by atoms with Crippen LogP contribution in [-0.4, -0.2) is 44.5 Å². The molecule has 1 amide bonds. The van der Waals surface area contributed by atoms with Crippen molar-refractivity contribution in [2.24, 2.45) is 0 Å². The highest BCUT2D eigenvalue weighted by Crippen LogP contribution is 2.20. The standard InChI is InChI=1S/C11H20N2O3S/c14-11(13-9-4-3-6-12-8-9)10-5-1-2-7-17(10,15)16/h9-10,12H,1-8H2,(H,13,14)/t9-,10?/m0/s1. The van der Waals surface area contributed by atoms with Crippen molar-refractivity contribution < 1.29 is 13.2 Å². The van der Waals surface area contributed by atoms with Crippen molar-refractivity contribution in [2.45, 2.75) is 43.4 Å². The van der Waals surface area contributed by atoms with E-state index >= 15 is 0 Å². The van der Waals surface area contributed by atoms with Crippen molar-refractivity contribution in [2.75, 3.05) is 18.8 Å². The van der Waals surface area contributed by atoms with E-state index in [1.807, 2.05) is 0 Å².